The van der Waals surface area contributed by atoms with Gasteiger partial charge in [-0.3, -0.25) is 0 Å². The van der Waals surface area contributed by atoms with Crippen molar-refractivity contribution in [1.29, 1.82) is 0 Å². The number of rotatable bonds is 2. The van der Waals surface area contributed by atoms with Gasteiger partial charge in [-0.2, -0.15) is 0 Å². The molecule has 1 aliphatic carbocycles. The summed E-state index contributed by atoms with van der Waals surface area (Å²) in [5.74, 6) is 4.85. The summed E-state index contributed by atoms with van der Waals surface area (Å²) in [7, 11) is 0. The molecular weight excluding hydrogens is 90.1 g/mol. The van der Waals surface area contributed by atoms with Crippen LogP contribution in [0, 0.1) is 5.41 Å². The molecule has 1 fully saturated rings. The number of nitrogens with two attached hydrogens (primary N) is 1. The zero-order chi connectivity index (χ0) is 5.33. The summed E-state index contributed by atoms with van der Waals surface area (Å²) in [6.45, 7) is 2.91. The molecule has 0 saturated heterocycles. The average molecular weight is 101 g/mol. The Labute approximate surface area is 43.6 Å². The van der Waals surface area contributed by atoms with Crippen molar-refractivity contribution in [2.24, 2.45) is 11.3 Å². The lowest BCUT2D eigenvalue weighted by Crippen LogP contribution is -2.09. The van der Waals surface area contributed by atoms with Gasteiger partial charge < -0.3 is 4.84 Å². The molecule has 2 nitrogen and oxygen atoms in total. The predicted molar refractivity (Wildman–Crippen MR) is 27.5 cm³/mol. The Morgan fingerprint density at radius 2 is 2.29 bits per heavy atom. The number of hydrogen-bond donors (Lipinski definition) is 1. The fourth-order valence-electron chi connectivity index (χ4n) is 0.559. The van der Waals surface area contributed by atoms with Gasteiger partial charge in [-0.25, -0.2) is 5.90 Å². The SMILES string of the molecule is CC1(CON)CC1. The molecule has 0 atom stereocenters. The number of hydrogen-bond acceptors (Lipinski definition) is 2. The smallest absolute Gasteiger partial charge is 0.0732 e. The van der Waals surface area contributed by atoms with Crippen LogP contribution in [0.2, 0.25) is 0 Å². The highest BCUT2D eigenvalue weighted by Gasteiger charge is 2.37. The van der Waals surface area contributed by atoms with Crippen molar-refractivity contribution in [2.75, 3.05) is 6.61 Å². The van der Waals surface area contributed by atoms with Crippen molar-refractivity contribution in [3.8, 4) is 0 Å². The molecule has 0 aliphatic heterocycles. The highest BCUT2D eigenvalue weighted by Crippen LogP contribution is 2.44. The first-order valence-corrected chi connectivity index (χ1v) is 2.59. The molecule has 0 radical (unpaired) electrons. The van der Waals surface area contributed by atoms with E-state index in [0.29, 0.717) is 5.41 Å². The van der Waals surface area contributed by atoms with E-state index < -0.39 is 0 Å². The zero-order valence-corrected chi connectivity index (χ0v) is 4.61. The standard InChI is InChI=1S/C5H11NO/c1-5(2-3-5)4-7-6/h2-4,6H2,1H3. The van der Waals surface area contributed by atoms with Crippen LogP contribution in [-0.2, 0) is 4.84 Å². The maximum atomic E-state index is 4.85. The van der Waals surface area contributed by atoms with E-state index in [0.717, 1.165) is 6.61 Å². The molecule has 0 aromatic heterocycles. The Morgan fingerprint density at radius 3 is 2.43 bits per heavy atom. The Kier molecular flexibility index (Phi) is 1.05. The molecule has 7 heavy (non-hydrogen) atoms. The first kappa shape index (κ1) is 5.06. The van der Waals surface area contributed by atoms with Crippen LogP contribution in [-0.4, -0.2) is 6.61 Å². The lowest BCUT2D eigenvalue weighted by Gasteiger charge is -2.01. The minimum atomic E-state index is 0.453. The van der Waals surface area contributed by atoms with Crippen molar-refractivity contribution in [3.05, 3.63) is 0 Å². The van der Waals surface area contributed by atoms with Gasteiger partial charge in [0.25, 0.3) is 0 Å². The van der Waals surface area contributed by atoms with Crippen molar-refractivity contribution in [2.45, 2.75) is 19.8 Å². The lowest BCUT2D eigenvalue weighted by atomic mass is 10.2. The summed E-state index contributed by atoms with van der Waals surface area (Å²) in [4.78, 5) is 4.47. The van der Waals surface area contributed by atoms with E-state index >= 15 is 0 Å². The van der Waals surface area contributed by atoms with Gasteiger partial charge in [-0.15, -0.1) is 0 Å². The third-order valence-corrected chi connectivity index (χ3v) is 1.54. The van der Waals surface area contributed by atoms with Crippen LogP contribution in [0.15, 0.2) is 0 Å². The monoisotopic (exact) mass is 101 g/mol. The molecule has 0 heterocycles. The summed E-state index contributed by atoms with van der Waals surface area (Å²) in [6, 6.07) is 0. The van der Waals surface area contributed by atoms with Crippen LogP contribution < -0.4 is 5.90 Å². The van der Waals surface area contributed by atoms with Crippen molar-refractivity contribution >= 4 is 0 Å². The lowest BCUT2D eigenvalue weighted by molar-refractivity contribution is 0.0984. The minimum Gasteiger partial charge on any atom is -0.304 e. The molecule has 2 N–H and O–H groups in total. The third-order valence-electron chi connectivity index (χ3n) is 1.54. The molecule has 0 bridgehead atoms. The van der Waals surface area contributed by atoms with Crippen molar-refractivity contribution in [3.63, 3.8) is 0 Å². The fraction of sp³-hybridized carbons (Fsp3) is 1.00. The Hall–Kier alpha value is -0.0800. The predicted octanol–water partition coefficient (Wildman–Crippen LogP) is 0.677. The molecule has 0 amide bonds. The van der Waals surface area contributed by atoms with E-state index in [1.807, 2.05) is 0 Å². The van der Waals surface area contributed by atoms with Crippen LogP contribution in [0.25, 0.3) is 0 Å². The highest BCUT2D eigenvalue weighted by atomic mass is 16.6. The van der Waals surface area contributed by atoms with Gasteiger partial charge in [0.2, 0.25) is 0 Å². The van der Waals surface area contributed by atoms with Crippen molar-refractivity contribution in [1.82, 2.24) is 0 Å². The maximum Gasteiger partial charge on any atom is 0.0732 e. The van der Waals surface area contributed by atoms with Gasteiger partial charge in [-0.05, 0) is 18.3 Å². The summed E-state index contributed by atoms with van der Waals surface area (Å²) >= 11 is 0. The van der Waals surface area contributed by atoms with E-state index in [2.05, 4.69) is 11.8 Å². The first-order chi connectivity index (χ1) is 3.27. The summed E-state index contributed by atoms with van der Waals surface area (Å²) in [5, 5.41) is 0. The second-order valence-electron chi connectivity index (χ2n) is 2.62. The second-order valence-corrected chi connectivity index (χ2v) is 2.62. The molecule has 1 rings (SSSR count). The molecular formula is C5H11NO. The van der Waals surface area contributed by atoms with E-state index in [1.54, 1.807) is 0 Å². The Balaban J connectivity index is 2.13. The van der Waals surface area contributed by atoms with Crippen LogP contribution in [0.1, 0.15) is 19.8 Å². The van der Waals surface area contributed by atoms with Crippen LogP contribution in [0.5, 0.6) is 0 Å². The second kappa shape index (κ2) is 1.46. The summed E-state index contributed by atoms with van der Waals surface area (Å²) in [5.41, 5.74) is 0.453. The van der Waals surface area contributed by atoms with Crippen molar-refractivity contribution < 1.29 is 4.84 Å². The van der Waals surface area contributed by atoms with Crippen LogP contribution in [0.4, 0.5) is 0 Å². The quantitative estimate of drug-likeness (QED) is 0.519. The minimum absolute atomic E-state index is 0.453. The van der Waals surface area contributed by atoms with Gasteiger partial charge in [0, 0.05) is 0 Å². The van der Waals surface area contributed by atoms with Crippen LogP contribution >= 0.6 is 0 Å². The molecule has 0 aromatic carbocycles. The van der Waals surface area contributed by atoms with Gasteiger partial charge in [0.05, 0.1) is 6.61 Å². The third kappa shape index (κ3) is 1.14. The van der Waals surface area contributed by atoms with Gasteiger partial charge in [0.15, 0.2) is 0 Å². The molecule has 0 unspecified atom stereocenters. The molecule has 2 heteroatoms. The summed E-state index contributed by atoms with van der Waals surface area (Å²) in [6.07, 6.45) is 2.56. The van der Waals surface area contributed by atoms with E-state index in [4.69, 9.17) is 5.90 Å². The molecule has 0 aromatic rings. The largest absolute Gasteiger partial charge is 0.304 e. The normalized spacial score (nSPS) is 24.9. The molecule has 42 valence electrons. The fourth-order valence-corrected chi connectivity index (χ4v) is 0.559. The highest BCUT2D eigenvalue weighted by molar-refractivity contribution is 4.87. The first-order valence-electron chi connectivity index (χ1n) is 2.59. The van der Waals surface area contributed by atoms with E-state index in [9.17, 15) is 0 Å². The van der Waals surface area contributed by atoms with Gasteiger partial charge >= 0.3 is 0 Å². The van der Waals surface area contributed by atoms with E-state index in [-0.39, 0.29) is 0 Å². The van der Waals surface area contributed by atoms with Crippen LogP contribution in [0.3, 0.4) is 0 Å². The maximum absolute atomic E-state index is 4.85. The van der Waals surface area contributed by atoms with Gasteiger partial charge in [-0.1, -0.05) is 6.92 Å². The zero-order valence-electron chi connectivity index (χ0n) is 4.61. The average Bonchev–Trinajstić information content (AvgIpc) is 2.22. The van der Waals surface area contributed by atoms with E-state index in [1.165, 1.54) is 12.8 Å². The van der Waals surface area contributed by atoms with Gasteiger partial charge in [0.1, 0.15) is 0 Å². The molecule has 1 saturated carbocycles. The summed E-state index contributed by atoms with van der Waals surface area (Å²) < 4.78 is 0. The Morgan fingerprint density at radius 1 is 1.71 bits per heavy atom. The topological polar surface area (TPSA) is 35.2 Å². The molecule has 0 spiro atoms. The molecule has 1 aliphatic rings. The Bertz CT molecular complexity index is 68.5.